The fourth-order valence-corrected chi connectivity index (χ4v) is 5.54. The number of benzene rings is 1. The maximum absolute atomic E-state index is 11.9. The van der Waals surface area contributed by atoms with E-state index in [1.807, 2.05) is 35.7 Å². The number of carbonyl (C=O) groups is 1. The third kappa shape index (κ3) is 6.77. The van der Waals surface area contributed by atoms with Gasteiger partial charge in [-0.3, -0.25) is 4.79 Å². The zero-order valence-corrected chi connectivity index (χ0v) is 16.6. The molecule has 1 aromatic rings. The molecule has 138 valence electrons. The van der Waals surface area contributed by atoms with Gasteiger partial charge >= 0.3 is 0 Å². The van der Waals surface area contributed by atoms with Gasteiger partial charge in [0.05, 0.1) is 4.58 Å². The fourth-order valence-electron chi connectivity index (χ4n) is 2.64. The van der Waals surface area contributed by atoms with E-state index in [0.717, 1.165) is 25.3 Å². The number of ether oxygens (including phenoxy) is 1. The van der Waals surface area contributed by atoms with E-state index in [0.29, 0.717) is 11.1 Å². The summed E-state index contributed by atoms with van der Waals surface area (Å²) < 4.78 is 6.13. The molecule has 0 aliphatic carbocycles. The molecule has 0 spiro atoms. The molecule has 25 heavy (non-hydrogen) atoms. The first-order valence-corrected chi connectivity index (χ1v) is 10.5. The van der Waals surface area contributed by atoms with Crippen molar-refractivity contribution >= 4 is 41.8 Å². The van der Waals surface area contributed by atoms with Crippen LogP contribution in [0.25, 0.3) is 0 Å². The van der Waals surface area contributed by atoms with E-state index in [1.165, 1.54) is 29.1 Å². The second-order valence-electron chi connectivity index (χ2n) is 5.88. The predicted octanol–water partition coefficient (Wildman–Crippen LogP) is 3.39. The van der Waals surface area contributed by atoms with Gasteiger partial charge in [-0.25, -0.2) is 0 Å². The van der Waals surface area contributed by atoms with Crippen LogP contribution in [-0.4, -0.2) is 43.7 Å². The molecule has 0 bridgehead atoms. The highest BCUT2D eigenvalue weighted by atomic mass is 35.5. The molecule has 1 aromatic carbocycles. The van der Waals surface area contributed by atoms with Gasteiger partial charge in [0.15, 0.2) is 6.61 Å². The monoisotopic (exact) mass is 400 g/mol. The van der Waals surface area contributed by atoms with Crippen molar-refractivity contribution in [3.63, 3.8) is 0 Å². The van der Waals surface area contributed by atoms with Crippen LogP contribution in [0.3, 0.4) is 0 Å². The van der Waals surface area contributed by atoms with Crippen molar-refractivity contribution in [2.75, 3.05) is 37.7 Å². The van der Waals surface area contributed by atoms with Gasteiger partial charge < -0.3 is 15.4 Å². The zero-order valence-electron chi connectivity index (χ0n) is 14.2. The molecule has 2 aliphatic rings. The number of carbonyl (C=O) groups excluding carboxylic acids is 1. The van der Waals surface area contributed by atoms with E-state index in [1.54, 1.807) is 0 Å². The van der Waals surface area contributed by atoms with Crippen LogP contribution in [0.5, 0.6) is 5.75 Å². The highest BCUT2D eigenvalue weighted by Crippen LogP contribution is 2.43. The van der Waals surface area contributed by atoms with Gasteiger partial charge in [0.1, 0.15) is 5.75 Å². The highest BCUT2D eigenvalue weighted by molar-refractivity contribution is 8.16. The molecule has 1 amide bonds. The van der Waals surface area contributed by atoms with Gasteiger partial charge in [0, 0.05) is 13.1 Å². The van der Waals surface area contributed by atoms with Crippen LogP contribution in [0.15, 0.2) is 35.9 Å². The first-order valence-electron chi connectivity index (χ1n) is 8.42. The molecule has 0 atom stereocenters. The van der Waals surface area contributed by atoms with Crippen LogP contribution in [-0.2, 0) is 4.79 Å². The average molecular weight is 401 g/mol. The number of amides is 1. The minimum Gasteiger partial charge on any atom is -0.484 e. The molecule has 1 saturated heterocycles. The molecule has 2 N–H and O–H groups in total. The normalized spacial score (nSPS) is 18.0. The summed E-state index contributed by atoms with van der Waals surface area (Å²) in [4.78, 5) is 11.9. The Kier molecular flexibility index (Phi) is 9.03. The lowest BCUT2D eigenvalue weighted by molar-refractivity contribution is -0.122. The van der Waals surface area contributed by atoms with Crippen molar-refractivity contribution in [3.8, 4) is 5.75 Å². The summed E-state index contributed by atoms with van der Waals surface area (Å²) in [5.74, 6) is 3.16. The smallest absolute Gasteiger partial charge is 0.258 e. The SMILES string of the molecule is Cl.O=C(COc1ccc(C2SCCCS2)cc1)NCC1=CCNCC1. The fraction of sp³-hybridized carbons (Fsp3) is 0.500. The molecule has 0 unspecified atom stereocenters. The lowest BCUT2D eigenvalue weighted by Crippen LogP contribution is -2.32. The molecular formula is C18H25ClN2O2S2. The minimum atomic E-state index is -0.0723. The molecular weight excluding hydrogens is 376 g/mol. The van der Waals surface area contributed by atoms with Crippen LogP contribution in [0.2, 0.25) is 0 Å². The molecule has 2 heterocycles. The van der Waals surface area contributed by atoms with E-state index in [2.05, 4.69) is 28.8 Å². The third-order valence-corrected chi connectivity index (χ3v) is 7.03. The van der Waals surface area contributed by atoms with Crippen molar-refractivity contribution < 1.29 is 9.53 Å². The third-order valence-electron chi connectivity index (χ3n) is 4.02. The summed E-state index contributed by atoms with van der Waals surface area (Å²) in [7, 11) is 0. The van der Waals surface area contributed by atoms with Gasteiger partial charge in [0.25, 0.3) is 5.91 Å². The Morgan fingerprint density at radius 3 is 2.68 bits per heavy atom. The number of hydrogen-bond acceptors (Lipinski definition) is 5. The maximum atomic E-state index is 11.9. The van der Waals surface area contributed by atoms with Gasteiger partial charge in [-0.2, -0.15) is 0 Å². The Balaban J connectivity index is 0.00000225. The van der Waals surface area contributed by atoms with Crippen molar-refractivity contribution in [3.05, 3.63) is 41.5 Å². The highest BCUT2D eigenvalue weighted by Gasteiger charge is 2.16. The predicted molar refractivity (Wildman–Crippen MR) is 110 cm³/mol. The number of hydrogen-bond donors (Lipinski definition) is 2. The number of nitrogens with one attached hydrogen (secondary N) is 2. The summed E-state index contributed by atoms with van der Waals surface area (Å²) in [5.41, 5.74) is 2.62. The van der Waals surface area contributed by atoms with Crippen molar-refractivity contribution in [2.45, 2.75) is 17.4 Å². The van der Waals surface area contributed by atoms with E-state index in [4.69, 9.17) is 4.74 Å². The Morgan fingerprint density at radius 2 is 2.00 bits per heavy atom. The molecule has 0 radical (unpaired) electrons. The van der Waals surface area contributed by atoms with Gasteiger partial charge in [-0.05, 0) is 48.6 Å². The zero-order chi connectivity index (χ0) is 16.6. The van der Waals surface area contributed by atoms with Crippen molar-refractivity contribution in [1.82, 2.24) is 10.6 Å². The van der Waals surface area contributed by atoms with Crippen LogP contribution < -0.4 is 15.4 Å². The molecule has 1 fully saturated rings. The number of thioether (sulfide) groups is 2. The standard InChI is InChI=1S/C18H24N2O2S2.ClH/c21-17(20-12-14-6-8-19-9-7-14)13-22-16-4-2-15(3-5-16)18-23-10-1-11-24-18;/h2-6,18-19H,1,7-13H2,(H,20,21);1H. The van der Waals surface area contributed by atoms with E-state index < -0.39 is 0 Å². The van der Waals surface area contributed by atoms with Gasteiger partial charge in [-0.15, -0.1) is 35.9 Å². The summed E-state index contributed by atoms with van der Waals surface area (Å²) in [6.45, 7) is 2.57. The maximum Gasteiger partial charge on any atom is 0.258 e. The summed E-state index contributed by atoms with van der Waals surface area (Å²) in [6, 6.07) is 8.16. The molecule has 3 rings (SSSR count). The average Bonchev–Trinajstić information content (AvgIpc) is 2.67. The van der Waals surface area contributed by atoms with Crippen LogP contribution in [0, 0.1) is 0 Å². The lowest BCUT2D eigenvalue weighted by Gasteiger charge is -2.21. The number of halogens is 1. The largest absolute Gasteiger partial charge is 0.484 e. The van der Waals surface area contributed by atoms with Gasteiger partial charge in [0.2, 0.25) is 0 Å². The lowest BCUT2D eigenvalue weighted by atomic mass is 10.1. The number of rotatable bonds is 6. The Bertz CT molecular complexity index is 575. The van der Waals surface area contributed by atoms with Crippen molar-refractivity contribution in [1.29, 1.82) is 0 Å². The van der Waals surface area contributed by atoms with E-state index >= 15 is 0 Å². The van der Waals surface area contributed by atoms with Crippen LogP contribution >= 0.6 is 35.9 Å². The quantitative estimate of drug-likeness (QED) is 0.717. The molecule has 0 aromatic heterocycles. The van der Waals surface area contributed by atoms with Crippen LogP contribution in [0.4, 0.5) is 0 Å². The first kappa shape index (κ1) is 20.5. The van der Waals surface area contributed by atoms with Crippen molar-refractivity contribution in [2.24, 2.45) is 0 Å². The summed E-state index contributed by atoms with van der Waals surface area (Å²) >= 11 is 4.02. The Hall–Kier alpha value is -0.820. The topological polar surface area (TPSA) is 50.4 Å². The summed E-state index contributed by atoms with van der Waals surface area (Å²) in [6.07, 6.45) is 4.44. The molecule has 7 heteroatoms. The van der Waals surface area contributed by atoms with E-state index in [9.17, 15) is 4.79 Å². The minimum absolute atomic E-state index is 0. The molecule has 2 aliphatic heterocycles. The second-order valence-corrected chi connectivity index (χ2v) is 8.60. The van der Waals surface area contributed by atoms with Crippen LogP contribution in [0.1, 0.15) is 23.0 Å². The Morgan fingerprint density at radius 1 is 1.24 bits per heavy atom. The summed E-state index contributed by atoms with van der Waals surface area (Å²) in [5, 5.41) is 6.18. The molecule has 0 saturated carbocycles. The Labute approximate surface area is 164 Å². The molecule has 4 nitrogen and oxygen atoms in total. The first-order chi connectivity index (χ1) is 11.8. The van der Waals surface area contributed by atoms with Gasteiger partial charge in [-0.1, -0.05) is 23.8 Å². The van der Waals surface area contributed by atoms with E-state index in [-0.39, 0.29) is 24.9 Å². The second kappa shape index (κ2) is 11.0.